The molecule has 8 nitrogen and oxygen atoms in total. The SMILES string of the molecule is COC(=O)N1CC2(CC2)C[C@H](C(=O)NO)[C@H]1C(=O)N1CC=C(c2cc(F)cc(F)c2)CC1. The average Bonchev–Trinajstić information content (AvgIpc) is 3.54. The minimum atomic E-state index is -1.11. The molecular formula is C22H25F2N3O5. The van der Waals surface area contributed by atoms with Crippen LogP contribution in [0.25, 0.3) is 5.57 Å². The summed E-state index contributed by atoms with van der Waals surface area (Å²) in [6.45, 7) is 0.728. The lowest BCUT2D eigenvalue weighted by molar-refractivity contribution is -0.150. The number of benzene rings is 1. The Morgan fingerprint density at radius 3 is 2.41 bits per heavy atom. The van der Waals surface area contributed by atoms with Crippen LogP contribution in [0.1, 0.15) is 31.2 Å². The average molecular weight is 449 g/mol. The summed E-state index contributed by atoms with van der Waals surface area (Å²) in [7, 11) is 1.22. The number of likely N-dealkylation sites (tertiary alicyclic amines) is 1. The number of nitrogens with zero attached hydrogens (tertiary/aromatic N) is 2. The summed E-state index contributed by atoms with van der Waals surface area (Å²) in [4.78, 5) is 41.2. The smallest absolute Gasteiger partial charge is 0.410 e. The second kappa shape index (κ2) is 8.50. The lowest BCUT2D eigenvalue weighted by Crippen LogP contribution is -2.62. The number of nitrogens with one attached hydrogen (secondary N) is 1. The van der Waals surface area contributed by atoms with Crippen LogP contribution in [-0.2, 0) is 14.3 Å². The molecule has 1 spiro atoms. The van der Waals surface area contributed by atoms with Crippen LogP contribution < -0.4 is 5.48 Å². The highest BCUT2D eigenvalue weighted by Gasteiger charge is 2.57. The molecule has 4 rings (SSSR count). The van der Waals surface area contributed by atoms with E-state index in [4.69, 9.17) is 4.74 Å². The van der Waals surface area contributed by atoms with Crippen LogP contribution in [-0.4, -0.2) is 65.7 Å². The number of amides is 3. The van der Waals surface area contributed by atoms with Crippen molar-refractivity contribution >= 4 is 23.5 Å². The molecule has 0 bridgehead atoms. The first-order chi connectivity index (χ1) is 15.3. The van der Waals surface area contributed by atoms with Gasteiger partial charge in [0.05, 0.1) is 13.0 Å². The third-order valence-electron chi connectivity index (χ3n) is 6.70. The van der Waals surface area contributed by atoms with E-state index >= 15 is 0 Å². The number of piperidine rings is 1. The number of halogens is 2. The third-order valence-corrected chi connectivity index (χ3v) is 6.70. The van der Waals surface area contributed by atoms with Gasteiger partial charge >= 0.3 is 6.09 Å². The molecule has 2 aliphatic heterocycles. The van der Waals surface area contributed by atoms with Gasteiger partial charge in [0.2, 0.25) is 11.8 Å². The Balaban J connectivity index is 1.57. The molecule has 1 aromatic rings. The quantitative estimate of drug-likeness (QED) is 0.545. The summed E-state index contributed by atoms with van der Waals surface area (Å²) in [6.07, 6.45) is 3.42. The number of hydrogen-bond donors (Lipinski definition) is 2. The van der Waals surface area contributed by atoms with Gasteiger partial charge in [0, 0.05) is 25.7 Å². The van der Waals surface area contributed by atoms with Crippen LogP contribution in [0.4, 0.5) is 13.6 Å². The number of methoxy groups -OCH3 is 1. The van der Waals surface area contributed by atoms with Crippen molar-refractivity contribution in [3.05, 3.63) is 41.5 Å². The van der Waals surface area contributed by atoms with Gasteiger partial charge < -0.3 is 9.64 Å². The Hall–Kier alpha value is -3.01. The maximum absolute atomic E-state index is 13.6. The zero-order valence-electron chi connectivity index (χ0n) is 17.6. The Morgan fingerprint density at radius 1 is 1.19 bits per heavy atom. The summed E-state index contributed by atoms with van der Waals surface area (Å²) in [5.41, 5.74) is 2.52. The molecule has 172 valence electrons. The minimum Gasteiger partial charge on any atom is -0.453 e. The van der Waals surface area contributed by atoms with Crippen LogP contribution in [0.15, 0.2) is 24.3 Å². The highest BCUT2D eigenvalue weighted by molar-refractivity contribution is 5.93. The molecule has 2 N–H and O–H groups in total. The Bertz CT molecular complexity index is 930. The second-order valence-electron chi connectivity index (χ2n) is 8.75. The van der Waals surface area contributed by atoms with Crippen LogP contribution in [0.2, 0.25) is 0 Å². The molecular weight excluding hydrogens is 424 g/mol. The molecule has 0 unspecified atom stereocenters. The van der Waals surface area contributed by atoms with Crippen molar-refractivity contribution in [3.63, 3.8) is 0 Å². The van der Waals surface area contributed by atoms with Gasteiger partial charge in [0.25, 0.3) is 0 Å². The fourth-order valence-corrected chi connectivity index (χ4v) is 4.84. The Kier molecular flexibility index (Phi) is 5.89. The lowest BCUT2D eigenvalue weighted by Gasteiger charge is -2.44. The molecule has 3 aliphatic rings. The largest absolute Gasteiger partial charge is 0.453 e. The Labute approximate surface area is 183 Å². The van der Waals surface area contributed by atoms with Crippen LogP contribution in [0, 0.1) is 23.0 Å². The van der Waals surface area contributed by atoms with Crippen molar-refractivity contribution in [2.75, 3.05) is 26.7 Å². The van der Waals surface area contributed by atoms with Gasteiger partial charge in [-0.1, -0.05) is 6.08 Å². The van der Waals surface area contributed by atoms with Gasteiger partial charge in [-0.05, 0) is 54.4 Å². The molecule has 1 aromatic carbocycles. The van der Waals surface area contributed by atoms with Gasteiger partial charge in [-0.2, -0.15) is 0 Å². The van der Waals surface area contributed by atoms with Crippen LogP contribution >= 0.6 is 0 Å². The van der Waals surface area contributed by atoms with Gasteiger partial charge in [-0.3, -0.25) is 19.7 Å². The van der Waals surface area contributed by atoms with Crippen molar-refractivity contribution in [1.29, 1.82) is 0 Å². The van der Waals surface area contributed by atoms with Crippen molar-refractivity contribution in [1.82, 2.24) is 15.3 Å². The highest BCUT2D eigenvalue weighted by Crippen LogP contribution is 2.55. The molecule has 2 atom stereocenters. The number of rotatable bonds is 3. The minimum absolute atomic E-state index is 0.163. The number of hydrogen-bond acceptors (Lipinski definition) is 5. The van der Waals surface area contributed by atoms with E-state index in [0.717, 1.165) is 18.9 Å². The van der Waals surface area contributed by atoms with Gasteiger partial charge in [0.1, 0.15) is 17.7 Å². The zero-order chi connectivity index (χ0) is 23.0. The summed E-state index contributed by atoms with van der Waals surface area (Å²) in [6, 6.07) is 2.17. The standard InChI is InChI=1S/C22H25F2N3O5/c1-32-21(30)27-12-22(4-5-22)11-17(19(28)25-31)18(27)20(29)26-6-2-13(3-7-26)14-8-15(23)10-16(24)9-14/h2,8-10,17-18,31H,3-7,11-12H2,1H3,(H,25,28)/t17-,18-/m0/s1. The number of carbonyl (C=O) groups is 3. The van der Waals surface area contributed by atoms with Crippen molar-refractivity contribution in [2.45, 2.75) is 31.7 Å². The molecule has 32 heavy (non-hydrogen) atoms. The molecule has 2 fully saturated rings. The van der Waals surface area contributed by atoms with E-state index in [0.29, 0.717) is 30.5 Å². The van der Waals surface area contributed by atoms with Crippen LogP contribution in [0.3, 0.4) is 0 Å². The maximum Gasteiger partial charge on any atom is 0.410 e. The highest BCUT2D eigenvalue weighted by atomic mass is 19.1. The van der Waals surface area contributed by atoms with Crippen molar-refractivity contribution < 1.29 is 33.1 Å². The molecule has 1 saturated carbocycles. The summed E-state index contributed by atoms with van der Waals surface area (Å²) >= 11 is 0. The fraction of sp³-hybridized carbons (Fsp3) is 0.500. The normalized spacial score (nSPS) is 24.1. The first kappa shape index (κ1) is 22.2. The van der Waals surface area contributed by atoms with E-state index in [1.54, 1.807) is 11.6 Å². The van der Waals surface area contributed by atoms with E-state index in [1.807, 2.05) is 0 Å². The molecule has 0 aromatic heterocycles. The Morgan fingerprint density at radius 2 is 1.88 bits per heavy atom. The van der Waals surface area contributed by atoms with E-state index in [9.17, 15) is 28.4 Å². The van der Waals surface area contributed by atoms with Crippen molar-refractivity contribution in [2.24, 2.45) is 11.3 Å². The maximum atomic E-state index is 13.6. The predicted octanol–water partition coefficient (Wildman–Crippen LogP) is 2.32. The lowest BCUT2D eigenvalue weighted by atomic mass is 9.79. The molecule has 0 radical (unpaired) electrons. The first-order valence-corrected chi connectivity index (χ1v) is 10.5. The molecule has 1 aliphatic carbocycles. The summed E-state index contributed by atoms with van der Waals surface area (Å²) < 4.78 is 32.0. The number of carbonyl (C=O) groups excluding carboxylic acids is 3. The molecule has 3 amide bonds. The molecule has 1 saturated heterocycles. The summed E-state index contributed by atoms with van der Waals surface area (Å²) in [5.74, 6) is -3.41. The number of ether oxygens (including phenoxy) is 1. The second-order valence-corrected chi connectivity index (χ2v) is 8.75. The van der Waals surface area contributed by atoms with E-state index in [1.165, 1.54) is 29.0 Å². The topological polar surface area (TPSA) is 99.2 Å². The van der Waals surface area contributed by atoms with Gasteiger partial charge in [-0.15, -0.1) is 0 Å². The number of hydroxylamine groups is 1. The monoisotopic (exact) mass is 449 g/mol. The molecule has 2 heterocycles. The van der Waals surface area contributed by atoms with Crippen molar-refractivity contribution in [3.8, 4) is 0 Å². The van der Waals surface area contributed by atoms with Gasteiger partial charge in [0.15, 0.2) is 0 Å². The van der Waals surface area contributed by atoms with E-state index in [2.05, 4.69) is 0 Å². The summed E-state index contributed by atoms with van der Waals surface area (Å²) in [5, 5.41) is 9.25. The van der Waals surface area contributed by atoms with Crippen LogP contribution in [0.5, 0.6) is 0 Å². The third kappa shape index (κ3) is 4.19. The molecule has 10 heteroatoms. The predicted molar refractivity (Wildman–Crippen MR) is 108 cm³/mol. The zero-order valence-corrected chi connectivity index (χ0v) is 17.6. The fourth-order valence-electron chi connectivity index (χ4n) is 4.84. The van der Waals surface area contributed by atoms with E-state index < -0.39 is 41.5 Å². The first-order valence-electron chi connectivity index (χ1n) is 10.5. The van der Waals surface area contributed by atoms with E-state index in [-0.39, 0.29) is 18.5 Å². The van der Waals surface area contributed by atoms with Gasteiger partial charge in [-0.25, -0.2) is 19.1 Å².